The number of nitrogens with zero attached hydrogens (tertiary/aromatic N) is 2. The van der Waals surface area contributed by atoms with Gasteiger partial charge in [-0.1, -0.05) is 6.92 Å². The molecule has 10 nitrogen and oxygen atoms in total. The van der Waals surface area contributed by atoms with Crippen molar-refractivity contribution >= 4 is 27.3 Å². The Morgan fingerprint density at radius 2 is 1.67 bits per heavy atom. The fourth-order valence-corrected chi connectivity index (χ4v) is 5.33. The van der Waals surface area contributed by atoms with Crippen LogP contribution in [0.4, 0.5) is 10.1 Å². The minimum absolute atomic E-state index is 0.0982. The Morgan fingerprint density at radius 1 is 0.974 bits per heavy atom. The number of carbonyl (C=O) groups excluding carboxylic acids is 1. The third kappa shape index (κ3) is 6.23. The number of benzene rings is 3. The predicted octanol–water partition coefficient (Wildman–Crippen LogP) is 3.74. The van der Waals surface area contributed by atoms with E-state index in [2.05, 4.69) is 10.5 Å². The van der Waals surface area contributed by atoms with Crippen LogP contribution in [-0.4, -0.2) is 54.0 Å². The number of fused-ring (bicyclic) bond motifs is 1. The number of hydrazone groups is 1. The largest absolute Gasteiger partial charge is 0.493 e. The van der Waals surface area contributed by atoms with Gasteiger partial charge in [0.15, 0.2) is 23.0 Å². The van der Waals surface area contributed by atoms with E-state index in [0.717, 1.165) is 16.4 Å². The summed E-state index contributed by atoms with van der Waals surface area (Å²) < 4.78 is 63.5. The number of halogens is 1. The molecule has 12 heteroatoms. The van der Waals surface area contributed by atoms with Crippen molar-refractivity contribution in [3.05, 3.63) is 72.0 Å². The number of hydrogen-bond donors (Lipinski definition) is 1. The van der Waals surface area contributed by atoms with Gasteiger partial charge in [0.05, 0.1) is 30.5 Å². The van der Waals surface area contributed by atoms with Crippen LogP contribution in [-0.2, 0) is 14.8 Å². The molecule has 1 heterocycles. The summed E-state index contributed by atoms with van der Waals surface area (Å²) in [4.78, 5) is 12.9. The van der Waals surface area contributed by atoms with Crippen LogP contribution in [0.1, 0.15) is 18.9 Å². The number of hydrogen-bond acceptors (Lipinski definition) is 8. The van der Waals surface area contributed by atoms with Crippen molar-refractivity contribution in [1.82, 2.24) is 5.43 Å². The molecule has 39 heavy (non-hydrogen) atoms. The second-order valence-electron chi connectivity index (χ2n) is 8.31. The topological polar surface area (TPSA) is 116 Å². The molecule has 0 fully saturated rings. The van der Waals surface area contributed by atoms with Gasteiger partial charge in [-0.05, 0) is 61.0 Å². The van der Waals surface area contributed by atoms with Crippen molar-refractivity contribution in [3.8, 4) is 23.0 Å². The number of ether oxygens (including phenoxy) is 4. The van der Waals surface area contributed by atoms with Gasteiger partial charge < -0.3 is 18.9 Å². The van der Waals surface area contributed by atoms with Crippen molar-refractivity contribution in [1.29, 1.82) is 0 Å². The molecule has 1 aliphatic rings. The number of sulfonamides is 1. The van der Waals surface area contributed by atoms with E-state index in [9.17, 15) is 17.6 Å². The molecule has 0 saturated heterocycles. The standard InChI is InChI=1S/C27H28FN3O7S/c1-4-22(18-5-11-23(35-2)25(15-18)36-3)29-30-27(32)17-31(20-8-6-19(28)7-9-20)39(33,34)21-10-12-24-26(16-21)38-14-13-37-24/h5-12,15-16H,4,13-14,17H2,1-3H3,(H,30,32)/b29-22-. The van der Waals surface area contributed by atoms with E-state index >= 15 is 0 Å². The Morgan fingerprint density at radius 3 is 2.33 bits per heavy atom. The highest BCUT2D eigenvalue weighted by molar-refractivity contribution is 7.92. The van der Waals surface area contributed by atoms with Crippen LogP contribution in [0.2, 0.25) is 0 Å². The molecule has 3 aromatic rings. The molecular formula is C27H28FN3O7S. The molecule has 0 atom stereocenters. The molecule has 0 unspecified atom stereocenters. The first-order chi connectivity index (χ1) is 18.8. The number of amides is 1. The lowest BCUT2D eigenvalue weighted by molar-refractivity contribution is -0.119. The van der Waals surface area contributed by atoms with Crippen LogP contribution in [0.5, 0.6) is 23.0 Å². The normalized spacial score (nSPS) is 13.0. The molecule has 0 saturated carbocycles. The Balaban J connectivity index is 1.61. The van der Waals surface area contributed by atoms with E-state index in [4.69, 9.17) is 18.9 Å². The Kier molecular flexibility index (Phi) is 8.55. The van der Waals surface area contributed by atoms with Crippen molar-refractivity contribution < 1.29 is 36.6 Å². The summed E-state index contributed by atoms with van der Waals surface area (Å²) in [5.41, 5.74) is 3.76. The Hall–Kier alpha value is -4.32. The highest BCUT2D eigenvalue weighted by atomic mass is 32.2. The van der Waals surface area contributed by atoms with Gasteiger partial charge in [0.2, 0.25) is 0 Å². The smallest absolute Gasteiger partial charge is 0.264 e. The van der Waals surface area contributed by atoms with E-state index in [0.29, 0.717) is 41.6 Å². The molecule has 0 aromatic heterocycles. The minimum Gasteiger partial charge on any atom is -0.493 e. The molecule has 1 aliphatic heterocycles. The zero-order valence-electron chi connectivity index (χ0n) is 21.6. The molecule has 0 radical (unpaired) electrons. The van der Waals surface area contributed by atoms with Crippen LogP contribution in [0.3, 0.4) is 0 Å². The molecule has 0 spiro atoms. The van der Waals surface area contributed by atoms with Gasteiger partial charge in [-0.2, -0.15) is 5.10 Å². The van der Waals surface area contributed by atoms with Crippen molar-refractivity contribution in [3.63, 3.8) is 0 Å². The molecule has 0 aliphatic carbocycles. The molecule has 4 rings (SSSR count). The van der Waals surface area contributed by atoms with E-state index < -0.39 is 28.3 Å². The van der Waals surface area contributed by atoms with Gasteiger partial charge in [0.1, 0.15) is 25.6 Å². The van der Waals surface area contributed by atoms with Crippen LogP contribution in [0.25, 0.3) is 0 Å². The SMILES string of the molecule is CC/C(=N/NC(=O)CN(c1ccc(F)cc1)S(=O)(=O)c1ccc2c(c1)OCCO2)c1ccc(OC)c(OC)c1. The fraction of sp³-hybridized carbons (Fsp3) is 0.259. The highest BCUT2D eigenvalue weighted by Gasteiger charge is 2.29. The van der Waals surface area contributed by atoms with Gasteiger partial charge in [-0.25, -0.2) is 18.2 Å². The van der Waals surface area contributed by atoms with Crippen LogP contribution in [0.15, 0.2) is 70.7 Å². The maximum Gasteiger partial charge on any atom is 0.264 e. The van der Waals surface area contributed by atoms with Crippen LogP contribution in [0, 0.1) is 5.82 Å². The summed E-state index contributed by atoms with van der Waals surface area (Å²) in [6.07, 6.45) is 0.465. The highest BCUT2D eigenvalue weighted by Crippen LogP contribution is 2.34. The minimum atomic E-state index is -4.27. The lowest BCUT2D eigenvalue weighted by Gasteiger charge is -2.25. The van der Waals surface area contributed by atoms with Gasteiger partial charge in [-0.15, -0.1) is 0 Å². The summed E-state index contributed by atoms with van der Waals surface area (Å²) in [6, 6.07) is 14.2. The third-order valence-corrected chi connectivity index (χ3v) is 7.64. The lowest BCUT2D eigenvalue weighted by atomic mass is 10.1. The number of methoxy groups -OCH3 is 2. The maximum atomic E-state index is 13.7. The molecule has 3 aromatic carbocycles. The fourth-order valence-electron chi connectivity index (χ4n) is 3.89. The van der Waals surface area contributed by atoms with E-state index in [1.807, 2.05) is 6.92 Å². The van der Waals surface area contributed by atoms with Crippen LogP contribution >= 0.6 is 0 Å². The van der Waals surface area contributed by atoms with Gasteiger partial charge >= 0.3 is 0 Å². The molecule has 0 bridgehead atoms. The molecule has 1 N–H and O–H groups in total. The monoisotopic (exact) mass is 557 g/mol. The summed E-state index contributed by atoms with van der Waals surface area (Å²) in [7, 11) is -1.23. The number of rotatable bonds is 10. The number of anilines is 1. The second kappa shape index (κ2) is 12.0. The molecule has 1 amide bonds. The van der Waals surface area contributed by atoms with Gasteiger partial charge in [-0.3, -0.25) is 9.10 Å². The summed E-state index contributed by atoms with van der Waals surface area (Å²) in [5.74, 6) is 0.482. The first-order valence-electron chi connectivity index (χ1n) is 12.0. The second-order valence-corrected chi connectivity index (χ2v) is 10.2. The van der Waals surface area contributed by atoms with Crippen molar-refractivity contribution in [2.75, 3.05) is 38.3 Å². The summed E-state index contributed by atoms with van der Waals surface area (Å²) in [5, 5.41) is 4.22. The van der Waals surface area contributed by atoms with Crippen LogP contribution < -0.4 is 28.7 Å². The molecule has 206 valence electrons. The molecular weight excluding hydrogens is 529 g/mol. The number of carbonyl (C=O) groups is 1. The van der Waals surface area contributed by atoms with Crippen molar-refractivity contribution in [2.45, 2.75) is 18.2 Å². The summed E-state index contributed by atoms with van der Waals surface area (Å²) >= 11 is 0. The number of nitrogens with one attached hydrogen (secondary N) is 1. The van der Waals surface area contributed by atoms with E-state index in [1.165, 1.54) is 44.6 Å². The van der Waals surface area contributed by atoms with Gasteiger partial charge in [0, 0.05) is 11.6 Å². The Bertz CT molecular complexity index is 1480. The average Bonchev–Trinajstić information content (AvgIpc) is 2.96. The first-order valence-corrected chi connectivity index (χ1v) is 13.5. The zero-order valence-corrected chi connectivity index (χ0v) is 22.5. The maximum absolute atomic E-state index is 13.7. The Labute approximate surface area is 226 Å². The predicted molar refractivity (Wildman–Crippen MR) is 143 cm³/mol. The zero-order chi connectivity index (χ0) is 28.0. The summed E-state index contributed by atoms with van der Waals surface area (Å²) in [6.45, 7) is 1.87. The quantitative estimate of drug-likeness (QED) is 0.298. The van der Waals surface area contributed by atoms with Crippen molar-refractivity contribution in [2.24, 2.45) is 5.10 Å². The third-order valence-electron chi connectivity index (χ3n) is 5.87. The van der Waals surface area contributed by atoms with E-state index in [-0.39, 0.29) is 22.9 Å². The van der Waals surface area contributed by atoms with Gasteiger partial charge in [0.25, 0.3) is 15.9 Å². The first kappa shape index (κ1) is 27.7. The lowest BCUT2D eigenvalue weighted by Crippen LogP contribution is -2.39. The van der Waals surface area contributed by atoms with E-state index in [1.54, 1.807) is 18.2 Å². The average molecular weight is 558 g/mol.